The van der Waals surface area contributed by atoms with Crippen molar-refractivity contribution in [3.8, 4) is 0 Å². The van der Waals surface area contributed by atoms with E-state index < -0.39 is 12.1 Å². The van der Waals surface area contributed by atoms with E-state index in [1.165, 1.54) is 0 Å². The SMILES string of the molecule is NC(Cc1ccccc1)C(=O)OCC1CCC(COC(=O)C(N)Cc2ccccc2)CC1. The Morgan fingerprint density at radius 2 is 1.03 bits per heavy atom. The fourth-order valence-corrected chi connectivity index (χ4v) is 4.08. The fraction of sp³-hybridized carbons (Fsp3) is 0.462. The Bertz CT molecular complexity index is 764. The van der Waals surface area contributed by atoms with Gasteiger partial charge in [0.25, 0.3) is 0 Å². The largest absolute Gasteiger partial charge is 0.464 e. The number of carbonyl (C=O) groups is 2. The topological polar surface area (TPSA) is 105 Å². The summed E-state index contributed by atoms with van der Waals surface area (Å²) in [5.74, 6) is -0.0417. The smallest absolute Gasteiger partial charge is 0.323 e. The van der Waals surface area contributed by atoms with Crippen LogP contribution in [0.25, 0.3) is 0 Å². The zero-order valence-corrected chi connectivity index (χ0v) is 18.5. The van der Waals surface area contributed by atoms with Gasteiger partial charge in [0.1, 0.15) is 12.1 Å². The molecule has 172 valence electrons. The molecule has 2 atom stereocenters. The molecule has 0 radical (unpaired) electrons. The monoisotopic (exact) mass is 438 g/mol. The molecule has 0 spiro atoms. The zero-order valence-electron chi connectivity index (χ0n) is 18.5. The van der Waals surface area contributed by atoms with Gasteiger partial charge < -0.3 is 20.9 Å². The molecule has 0 saturated heterocycles. The maximum atomic E-state index is 12.2. The first-order chi connectivity index (χ1) is 15.5. The number of esters is 2. The fourth-order valence-electron chi connectivity index (χ4n) is 4.08. The van der Waals surface area contributed by atoms with E-state index in [-0.39, 0.29) is 11.9 Å². The number of hydrogen-bond acceptors (Lipinski definition) is 6. The first-order valence-electron chi connectivity index (χ1n) is 11.4. The van der Waals surface area contributed by atoms with Gasteiger partial charge in [-0.05, 0) is 61.5 Å². The lowest BCUT2D eigenvalue weighted by Gasteiger charge is -2.28. The Balaban J connectivity index is 1.30. The summed E-state index contributed by atoms with van der Waals surface area (Å²) in [6, 6.07) is 18.1. The van der Waals surface area contributed by atoms with Crippen LogP contribution in [0.1, 0.15) is 36.8 Å². The zero-order chi connectivity index (χ0) is 22.8. The highest BCUT2D eigenvalue weighted by atomic mass is 16.5. The number of rotatable bonds is 10. The van der Waals surface area contributed by atoms with Crippen molar-refractivity contribution >= 4 is 11.9 Å². The van der Waals surface area contributed by atoms with Crippen molar-refractivity contribution in [3.63, 3.8) is 0 Å². The van der Waals surface area contributed by atoms with Gasteiger partial charge in [0.2, 0.25) is 0 Å². The summed E-state index contributed by atoms with van der Waals surface area (Å²) < 4.78 is 10.9. The second kappa shape index (κ2) is 12.4. The molecule has 32 heavy (non-hydrogen) atoms. The molecule has 4 N–H and O–H groups in total. The minimum absolute atomic E-state index is 0.329. The van der Waals surface area contributed by atoms with Crippen LogP contribution in [0.15, 0.2) is 60.7 Å². The summed E-state index contributed by atoms with van der Waals surface area (Å²) >= 11 is 0. The molecule has 1 saturated carbocycles. The molecule has 3 rings (SSSR count). The first-order valence-corrected chi connectivity index (χ1v) is 11.4. The van der Waals surface area contributed by atoms with Crippen LogP contribution in [0.5, 0.6) is 0 Å². The molecule has 0 aliphatic heterocycles. The van der Waals surface area contributed by atoms with E-state index in [0.717, 1.165) is 36.8 Å². The van der Waals surface area contributed by atoms with Gasteiger partial charge >= 0.3 is 11.9 Å². The predicted octanol–water partition coefficient (Wildman–Crippen LogP) is 3.02. The van der Waals surface area contributed by atoms with Gasteiger partial charge in [-0.3, -0.25) is 9.59 Å². The Hall–Kier alpha value is -2.70. The summed E-state index contributed by atoms with van der Waals surface area (Å²) in [4.78, 5) is 24.4. The average molecular weight is 439 g/mol. The van der Waals surface area contributed by atoms with Crippen molar-refractivity contribution in [3.05, 3.63) is 71.8 Å². The lowest BCUT2D eigenvalue weighted by molar-refractivity contribution is -0.149. The summed E-state index contributed by atoms with van der Waals surface area (Å²) in [6.07, 6.45) is 4.73. The van der Waals surface area contributed by atoms with Crippen LogP contribution < -0.4 is 11.5 Å². The van der Waals surface area contributed by atoms with E-state index >= 15 is 0 Å². The number of ether oxygens (including phenoxy) is 2. The van der Waals surface area contributed by atoms with Crippen LogP contribution in [0, 0.1) is 11.8 Å². The molecule has 1 aliphatic rings. The van der Waals surface area contributed by atoms with Crippen molar-refractivity contribution in [1.29, 1.82) is 0 Å². The van der Waals surface area contributed by atoms with Crippen molar-refractivity contribution in [2.75, 3.05) is 13.2 Å². The number of hydrogen-bond donors (Lipinski definition) is 2. The normalized spacial score (nSPS) is 20.2. The molecule has 1 fully saturated rings. The lowest BCUT2D eigenvalue weighted by atomic mass is 9.83. The van der Waals surface area contributed by atoms with Crippen LogP contribution in [-0.4, -0.2) is 37.2 Å². The maximum absolute atomic E-state index is 12.2. The van der Waals surface area contributed by atoms with Gasteiger partial charge in [-0.15, -0.1) is 0 Å². The first kappa shape index (κ1) is 24.0. The Morgan fingerprint density at radius 3 is 1.38 bits per heavy atom. The molecule has 0 aromatic heterocycles. The third-order valence-corrected chi connectivity index (χ3v) is 6.09. The molecule has 6 heteroatoms. The number of carbonyl (C=O) groups excluding carboxylic acids is 2. The highest BCUT2D eigenvalue weighted by Crippen LogP contribution is 2.29. The minimum atomic E-state index is -0.645. The summed E-state index contributed by atoms with van der Waals surface area (Å²) in [5, 5.41) is 0. The average Bonchev–Trinajstić information content (AvgIpc) is 2.82. The van der Waals surface area contributed by atoms with E-state index in [4.69, 9.17) is 20.9 Å². The second-order valence-corrected chi connectivity index (χ2v) is 8.74. The number of nitrogens with two attached hydrogens (primary N) is 2. The third-order valence-electron chi connectivity index (χ3n) is 6.09. The summed E-state index contributed by atoms with van der Waals surface area (Å²) in [6.45, 7) is 0.797. The van der Waals surface area contributed by atoms with E-state index in [0.29, 0.717) is 37.9 Å². The third kappa shape index (κ3) is 7.77. The molecule has 2 aromatic carbocycles. The highest BCUT2D eigenvalue weighted by molar-refractivity contribution is 5.76. The summed E-state index contributed by atoms with van der Waals surface area (Å²) in [7, 11) is 0. The molecule has 2 unspecified atom stereocenters. The molecule has 0 bridgehead atoms. The molecule has 1 aliphatic carbocycles. The summed E-state index contributed by atoms with van der Waals surface area (Å²) in [5.41, 5.74) is 14.0. The molecule has 0 amide bonds. The molecular weight excluding hydrogens is 404 g/mol. The number of benzene rings is 2. The van der Waals surface area contributed by atoms with E-state index in [1.807, 2.05) is 60.7 Å². The van der Waals surface area contributed by atoms with Crippen molar-refractivity contribution in [2.24, 2.45) is 23.3 Å². The second-order valence-electron chi connectivity index (χ2n) is 8.74. The van der Waals surface area contributed by atoms with Crippen LogP contribution in [0.4, 0.5) is 0 Å². The Morgan fingerprint density at radius 1 is 0.688 bits per heavy atom. The van der Waals surface area contributed by atoms with Gasteiger partial charge in [-0.2, -0.15) is 0 Å². The Kier molecular flexibility index (Phi) is 9.26. The Labute approximate surface area is 190 Å². The molecule has 2 aromatic rings. The molecule has 0 heterocycles. The van der Waals surface area contributed by atoms with Gasteiger partial charge in [0.05, 0.1) is 13.2 Å². The van der Waals surface area contributed by atoms with Gasteiger partial charge in [-0.1, -0.05) is 60.7 Å². The van der Waals surface area contributed by atoms with Crippen molar-refractivity contribution < 1.29 is 19.1 Å². The van der Waals surface area contributed by atoms with Crippen molar-refractivity contribution in [2.45, 2.75) is 50.6 Å². The highest BCUT2D eigenvalue weighted by Gasteiger charge is 2.25. The van der Waals surface area contributed by atoms with E-state index in [2.05, 4.69) is 0 Å². The standard InChI is InChI=1S/C26H34N2O4/c27-23(15-19-7-3-1-4-8-19)25(29)31-17-21-11-13-22(14-12-21)18-32-26(30)24(28)16-20-9-5-2-6-10-20/h1-10,21-24H,11-18,27-28H2. The van der Waals surface area contributed by atoms with Gasteiger partial charge in [0.15, 0.2) is 0 Å². The minimum Gasteiger partial charge on any atom is -0.464 e. The van der Waals surface area contributed by atoms with Crippen LogP contribution in [-0.2, 0) is 31.9 Å². The predicted molar refractivity (Wildman–Crippen MR) is 124 cm³/mol. The lowest BCUT2D eigenvalue weighted by Crippen LogP contribution is -2.36. The van der Waals surface area contributed by atoms with Gasteiger partial charge in [0, 0.05) is 0 Å². The van der Waals surface area contributed by atoms with Crippen LogP contribution in [0.2, 0.25) is 0 Å². The van der Waals surface area contributed by atoms with Crippen LogP contribution in [0.3, 0.4) is 0 Å². The molecular formula is C26H34N2O4. The quantitative estimate of drug-likeness (QED) is 0.553. The van der Waals surface area contributed by atoms with Crippen LogP contribution >= 0.6 is 0 Å². The van der Waals surface area contributed by atoms with Crippen molar-refractivity contribution in [1.82, 2.24) is 0 Å². The maximum Gasteiger partial charge on any atom is 0.323 e. The molecule has 6 nitrogen and oxygen atoms in total. The van der Waals surface area contributed by atoms with E-state index in [1.54, 1.807) is 0 Å². The van der Waals surface area contributed by atoms with E-state index in [9.17, 15) is 9.59 Å². The van der Waals surface area contributed by atoms with Gasteiger partial charge in [-0.25, -0.2) is 0 Å².